The van der Waals surface area contributed by atoms with Crippen molar-refractivity contribution in [2.75, 3.05) is 6.54 Å². The van der Waals surface area contributed by atoms with Gasteiger partial charge in [0.2, 0.25) is 5.91 Å². The lowest BCUT2D eigenvalue weighted by molar-refractivity contribution is -0.120. The molecule has 2 rings (SSSR count). The normalized spacial score (nSPS) is 11.3. The van der Waals surface area contributed by atoms with Crippen LogP contribution in [0.25, 0.3) is 5.57 Å². The van der Waals surface area contributed by atoms with Crippen LogP contribution >= 0.6 is 11.3 Å². The fourth-order valence-electron chi connectivity index (χ4n) is 2.21. The Morgan fingerprint density at radius 2 is 2.00 bits per heavy atom. The number of benzene rings is 1. The van der Waals surface area contributed by atoms with Crippen molar-refractivity contribution in [3.8, 4) is 0 Å². The zero-order chi connectivity index (χ0) is 16.7. The quantitative estimate of drug-likeness (QED) is 0.751. The molecule has 1 N–H and O–H groups in total. The Morgan fingerprint density at radius 1 is 1.26 bits per heavy atom. The van der Waals surface area contributed by atoms with Crippen LogP contribution in [0.4, 0.5) is 4.39 Å². The van der Waals surface area contributed by atoms with Gasteiger partial charge in [0, 0.05) is 16.3 Å². The molecular weight excluding hydrogens is 309 g/mol. The average molecular weight is 329 g/mol. The number of nitrogens with one attached hydrogen (secondary N) is 1. The number of hydrogen-bond donors (Lipinski definition) is 1. The van der Waals surface area contributed by atoms with Gasteiger partial charge in [-0.05, 0) is 48.7 Å². The highest BCUT2D eigenvalue weighted by molar-refractivity contribution is 7.13. The summed E-state index contributed by atoms with van der Waals surface area (Å²) in [5.74, 6) is -0.243. The predicted molar refractivity (Wildman–Crippen MR) is 95.0 cm³/mol. The zero-order valence-electron chi connectivity index (χ0n) is 13.1. The molecule has 4 heteroatoms. The van der Waals surface area contributed by atoms with Crippen LogP contribution in [-0.4, -0.2) is 12.5 Å². The maximum Gasteiger partial charge on any atom is 0.225 e. The average Bonchev–Trinajstić information content (AvgIpc) is 2.99. The second-order valence-corrected chi connectivity index (χ2v) is 6.29. The molecule has 0 saturated heterocycles. The van der Waals surface area contributed by atoms with Gasteiger partial charge in [-0.1, -0.05) is 30.9 Å². The molecule has 0 spiro atoms. The fourth-order valence-corrected chi connectivity index (χ4v) is 3.28. The van der Waals surface area contributed by atoms with E-state index in [9.17, 15) is 9.18 Å². The van der Waals surface area contributed by atoms with Gasteiger partial charge in [0.25, 0.3) is 0 Å². The summed E-state index contributed by atoms with van der Waals surface area (Å²) in [4.78, 5) is 14.1. The van der Waals surface area contributed by atoms with E-state index in [1.165, 1.54) is 12.1 Å². The summed E-state index contributed by atoms with van der Waals surface area (Å²) < 4.78 is 12.8. The van der Waals surface area contributed by atoms with Crippen molar-refractivity contribution < 1.29 is 9.18 Å². The number of amides is 1. The molecule has 120 valence electrons. The Kier molecular flexibility index (Phi) is 6.29. The minimum Gasteiger partial charge on any atom is -0.355 e. The molecule has 1 heterocycles. The smallest absolute Gasteiger partial charge is 0.225 e. The monoisotopic (exact) mass is 329 g/mol. The maximum absolute atomic E-state index is 12.8. The van der Waals surface area contributed by atoms with E-state index in [0.29, 0.717) is 19.4 Å². The second kappa shape index (κ2) is 8.44. The Morgan fingerprint density at radius 3 is 2.65 bits per heavy atom. The number of halogens is 1. The first-order chi connectivity index (χ1) is 11.1. The third kappa shape index (κ3) is 5.18. The van der Waals surface area contributed by atoms with Crippen LogP contribution in [0, 0.1) is 5.82 Å². The van der Waals surface area contributed by atoms with E-state index in [1.54, 1.807) is 23.5 Å². The third-order valence-corrected chi connectivity index (χ3v) is 4.60. The molecule has 2 nitrogen and oxygen atoms in total. The van der Waals surface area contributed by atoms with Crippen molar-refractivity contribution in [2.45, 2.75) is 19.8 Å². The summed E-state index contributed by atoms with van der Waals surface area (Å²) in [5, 5.41) is 2.90. The van der Waals surface area contributed by atoms with Crippen molar-refractivity contribution in [2.24, 2.45) is 0 Å². The molecule has 0 fully saturated rings. The van der Waals surface area contributed by atoms with Crippen molar-refractivity contribution in [1.82, 2.24) is 5.32 Å². The summed E-state index contributed by atoms with van der Waals surface area (Å²) >= 11 is 1.61. The molecule has 2 aromatic rings. The number of allylic oxidation sites excluding steroid dienone is 3. The fraction of sp³-hybridized carbons (Fsp3) is 0.211. The Hall–Kier alpha value is -2.20. The van der Waals surface area contributed by atoms with E-state index in [-0.39, 0.29) is 11.7 Å². The molecule has 0 bridgehead atoms. The first kappa shape index (κ1) is 17.2. The van der Waals surface area contributed by atoms with Crippen molar-refractivity contribution >= 4 is 22.8 Å². The molecule has 0 atom stereocenters. The van der Waals surface area contributed by atoms with Crippen LogP contribution in [-0.2, 0) is 17.6 Å². The van der Waals surface area contributed by atoms with E-state index in [0.717, 1.165) is 20.9 Å². The Bertz CT molecular complexity index is 700. The van der Waals surface area contributed by atoms with E-state index in [2.05, 4.69) is 11.9 Å². The number of thiophene rings is 1. The zero-order valence-corrected chi connectivity index (χ0v) is 14.0. The molecule has 1 amide bonds. The summed E-state index contributed by atoms with van der Waals surface area (Å²) in [6, 6.07) is 10.3. The van der Waals surface area contributed by atoms with E-state index >= 15 is 0 Å². The molecule has 0 unspecified atom stereocenters. The van der Waals surface area contributed by atoms with E-state index < -0.39 is 0 Å². The van der Waals surface area contributed by atoms with Gasteiger partial charge in [-0.3, -0.25) is 4.79 Å². The molecule has 0 aliphatic heterocycles. The molecule has 1 aromatic carbocycles. The Labute approximate surface area is 140 Å². The molecule has 0 aliphatic rings. The van der Waals surface area contributed by atoms with Crippen molar-refractivity contribution in [3.05, 3.63) is 76.3 Å². The van der Waals surface area contributed by atoms with Gasteiger partial charge in [-0.15, -0.1) is 11.3 Å². The standard InChI is InChI=1S/C19H20FNOS/c1-3-15(4-2)18-10-9-17(23-18)13-19(22)21-12-11-14-5-7-16(20)8-6-14/h3-10H,1,11-13H2,2H3,(H,21,22)/b15-4+. The Balaban J connectivity index is 1.81. The predicted octanol–water partition coefficient (Wildman–Crippen LogP) is 4.38. The van der Waals surface area contributed by atoms with Crippen LogP contribution in [0.3, 0.4) is 0 Å². The highest BCUT2D eigenvalue weighted by Crippen LogP contribution is 2.25. The topological polar surface area (TPSA) is 29.1 Å². The van der Waals surface area contributed by atoms with Crippen LogP contribution in [0.5, 0.6) is 0 Å². The number of hydrogen-bond acceptors (Lipinski definition) is 2. The van der Waals surface area contributed by atoms with Gasteiger partial charge >= 0.3 is 0 Å². The molecule has 0 saturated carbocycles. The first-order valence-corrected chi connectivity index (χ1v) is 8.33. The number of rotatable bonds is 7. The second-order valence-electron chi connectivity index (χ2n) is 5.12. The summed E-state index contributed by atoms with van der Waals surface area (Å²) in [6.45, 7) is 6.31. The minimum atomic E-state index is -0.244. The maximum atomic E-state index is 12.8. The largest absolute Gasteiger partial charge is 0.355 e. The lowest BCUT2D eigenvalue weighted by atomic mass is 10.1. The SMILES string of the molecule is C=C/C(=C\C)c1ccc(CC(=O)NCCc2ccc(F)cc2)s1. The molecule has 0 aliphatic carbocycles. The van der Waals surface area contributed by atoms with Gasteiger partial charge in [0.1, 0.15) is 5.82 Å². The number of carbonyl (C=O) groups is 1. The lowest BCUT2D eigenvalue weighted by Crippen LogP contribution is -2.26. The van der Waals surface area contributed by atoms with Gasteiger partial charge in [0.05, 0.1) is 6.42 Å². The van der Waals surface area contributed by atoms with E-state index in [1.807, 2.05) is 31.2 Å². The van der Waals surface area contributed by atoms with Crippen LogP contribution < -0.4 is 5.32 Å². The third-order valence-electron chi connectivity index (χ3n) is 3.46. The van der Waals surface area contributed by atoms with Gasteiger partial charge in [-0.25, -0.2) is 4.39 Å². The van der Waals surface area contributed by atoms with E-state index in [4.69, 9.17) is 0 Å². The first-order valence-electron chi connectivity index (χ1n) is 7.51. The lowest BCUT2D eigenvalue weighted by Gasteiger charge is -2.04. The summed E-state index contributed by atoms with van der Waals surface area (Å²) in [7, 11) is 0. The summed E-state index contributed by atoms with van der Waals surface area (Å²) in [6.07, 6.45) is 4.90. The van der Waals surface area contributed by atoms with Gasteiger partial charge in [-0.2, -0.15) is 0 Å². The van der Waals surface area contributed by atoms with Crippen molar-refractivity contribution in [3.63, 3.8) is 0 Å². The minimum absolute atomic E-state index is 0.00106. The molecule has 0 radical (unpaired) electrons. The highest BCUT2D eigenvalue weighted by Gasteiger charge is 2.07. The summed E-state index contributed by atoms with van der Waals surface area (Å²) in [5.41, 5.74) is 2.09. The molecule has 1 aromatic heterocycles. The van der Waals surface area contributed by atoms with Crippen molar-refractivity contribution in [1.29, 1.82) is 0 Å². The van der Waals surface area contributed by atoms with Gasteiger partial charge < -0.3 is 5.32 Å². The van der Waals surface area contributed by atoms with Crippen LogP contribution in [0.1, 0.15) is 22.2 Å². The highest BCUT2D eigenvalue weighted by atomic mass is 32.1. The van der Waals surface area contributed by atoms with Crippen LogP contribution in [0.2, 0.25) is 0 Å². The van der Waals surface area contributed by atoms with Gasteiger partial charge in [0.15, 0.2) is 0 Å². The number of carbonyl (C=O) groups excluding carboxylic acids is 1. The van der Waals surface area contributed by atoms with Crippen LogP contribution in [0.15, 0.2) is 55.1 Å². The molecule has 23 heavy (non-hydrogen) atoms. The molecular formula is C19H20FNOS.